The molecule has 0 aliphatic heterocycles. The number of hydrogen-bond donors (Lipinski definition) is 1. The molecule has 1 atom stereocenters. The zero-order valence-corrected chi connectivity index (χ0v) is 22.4. The second-order valence-electron chi connectivity index (χ2n) is 9.20. The molecule has 190 valence electrons. The molecule has 4 heteroatoms. The maximum absolute atomic E-state index is 14.9. The summed E-state index contributed by atoms with van der Waals surface area (Å²) in [5, 5.41) is 5.01. The van der Waals surface area contributed by atoms with Crippen LogP contribution in [0.15, 0.2) is 152 Å². The van der Waals surface area contributed by atoms with E-state index in [1.54, 1.807) is 0 Å². The first-order valence-electron chi connectivity index (χ1n) is 13.0. The molecular weight excluding hydrogens is 485 g/mol. The fourth-order valence-corrected chi connectivity index (χ4v) is 7.33. The van der Waals surface area contributed by atoms with E-state index in [9.17, 15) is 4.57 Å². The van der Waals surface area contributed by atoms with Crippen molar-refractivity contribution in [2.75, 3.05) is 0 Å². The van der Waals surface area contributed by atoms with E-state index < -0.39 is 19.1 Å². The van der Waals surface area contributed by atoms with Crippen LogP contribution >= 0.6 is 7.29 Å². The van der Waals surface area contributed by atoms with Gasteiger partial charge in [0.2, 0.25) is 7.29 Å². The molecule has 0 heterocycles. The highest BCUT2D eigenvalue weighted by Crippen LogP contribution is 2.44. The Labute approximate surface area is 225 Å². The molecular formula is C34H32NO2P. The van der Waals surface area contributed by atoms with Crippen molar-refractivity contribution in [2.45, 2.75) is 25.2 Å². The van der Waals surface area contributed by atoms with Crippen molar-refractivity contribution in [1.82, 2.24) is 5.09 Å². The second-order valence-corrected chi connectivity index (χ2v) is 11.7. The summed E-state index contributed by atoms with van der Waals surface area (Å²) >= 11 is 0. The van der Waals surface area contributed by atoms with Crippen molar-refractivity contribution >= 4 is 17.9 Å². The molecule has 0 spiro atoms. The lowest BCUT2D eigenvalue weighted by atomic mass is 9.80. The van der Waals surface area contributed by atoms with Gasteiger partial charge in [0.15, 0.2) is 0 Å². The Morgan fingerprint density at radius 1 is 0.579 bits per heavy atom. The van der Waals surface area contributed by atoms with Crippen LogP contribution in [0.4, 0.5) is 0 Å². The Hall–Kier alpha value is -3.75. The molecule has 0 aliphatic rings. The van der Waals surface area contributed by atoms with Gasteiger partial charge in [-0.2, -0.15) is 0 Å². The van der Waals surface area contributed by atoms with Crippen LogP contribution in [0.2, 0.25) is 0 Å². The van der Waals surface area contributed by atoms with Gasteiger partial charge in [-0.25, -0.2) is 5.09 Å². The van der Waals surface area contributed by atoms with E-state index in [1.807, 2.05) is 115 Å². The molecule has 5 aromatic carbocycles. The van der Waals surface area contributed by atoms with Gasteiger partial charge in [-0.1, -0.05) is 134 Å². The first-order valence-corrected chi connectivity index (χ1v) is 14.7. The highest BCUT2D eigenvalue weighted by Gasteiger charge is 2.41. The van der Waals surface area contributed by atoms with Crippen LogP contribution < -0.4 is 15.7 Å². The summed E-state index contributed by atoms with van der Waals surface area (Å²) in [5.74, 6) is 0. The Bertz CT molecular complexity index is 1320. The minimum absolute atomic E-state index is 0.526. The van der Waals surface area contributed by atoms with E-state index >= 15 is 0 Å². The van der Waals surface area contributed by atoms with Crippen LogP contribution in [-0.4, -0.2) is 6.23 Å². The first-order chi connectivity index (χ1) is 18.7. The fourth-order valence-electron chi connectivity index (χ4n) is 4.91. The topological polar surface area (TPSA) is 38.3 Å². The molecule has 5 aromatic rings. The average Bonchev–Trinajstić information content (AvgIpc) is 3.01. The summed E-state index contributed by atoms with van der Waals surface area (Å²) in [6, 6.07) is 50.1. The molecule has 0 unspecified atom stereocenters. The zero-order chi connectivity index (χ0) is 26.3. The summed E-state index contributed by atoms with van der Waals surface area (Å²) in [6.07, 6.45) is 0.0830. The van der Waals surface area contributed by atoms with E-state index in [0.29, 0.717) is 6.42 Å². The zero-order valence-electron chi connectivity index (χ0n) is 21.5. The normalized spacial score (nSPS) is 12.7. The standard InChI is InChI=1S/C34H32NO2P/c1-2-33(35-38(36,31-24-14-6-15-25-31)32-26-16-7-17-27-32)37-34(28-18-8-3-9-19-28,29-20-10-4-11-21-29)30-22-12-5-13-23-30/h3-27,33H,2H2,1H3,(H,35,36)/t33-/m0/s1. The van der Waals surface area contributed by atoms with Crippen molar-refractivity contribution in [3.8, 4) is 0 Å². The van der Waals surface area contributed by atoms with Gasteiger partial charge in [-0.05, 0) is 47.4 Å². The molecule has 38 heavy (non-hydrogen) atoms. The third-order valence-electron chi connectivity index (χ3n) is 6.80. The summed E-state index contributed by atoms with van der Waals surface area (Å²) in [4.78, 5) is 0. The predicted octanol–water partition coefficient (Wildman–Crippen LogP) is 7.25. The summed E-state index contributed by atoms with van der Waals surface area (Å²) in [5.41, 5.74) is 2.10. The van der Waals surface area contributed by atoms with Crippen LogP contribution in [0.1, 0.15) is 30.0 Å². The van der Waals surface area contributed by atoms with Crippen LogP contribution in [0.25, 0.3) is 0 Å². The Kier molecular flexibility index (Phi) is 8.00. The van der Waals surface area contributed by atoms with Crippen molar-refractivity contribution < 1.29 is 9.30 Å². The molecule has 0 radical (unpaired) electrons. The van der Waals surface area contributed by atoms with Crippen LogP contribution in [0.3, 0.4) is 0 Å². The SMILES string of the molecule is CC[C@@H](NP(=O)(c1ccccc1)c1ccccc1)OC(c1ccccc1)(c1ccccc1)c1ccccc1. The first kappa shape index (κ1) is 25.9. The largest absolute Gasteiger partial charge is 0.342 e. The summed E-state index contributed by atoms with van der Waals surface area (Å²) in [7, 11) is -3.23. The lowest BCUT2D eigenvalue weighted by molar-refractivity contribution is -0.0541. The fraction of sp³-hybridized carbons (Fsp3) is 0.118. The number of benzene rings is 5. The molecule has 3 nitrogen and oxygen atoms in total. The highest BCUT2D eigenvalue weighted by molar-refractivity contribution is 7.76. The number of ether oxygens (including phenoxy) is 1. The highest BCUT2D eigenvalue weighted by atomic mass is 31.2. The van der Waals surface area contributed by atoms with Crippen molar-refractivity contribution in [3.63, 3.8) is 0 Å². The Morgan fingerprint density at radius 2 is 0.895 bits per heavy atom. The molecule has 0 bridgehead atoms. The molecule has 0 fully saturated rings. The molecule has 5 rings (SSSR count). The van der Waals surface area contributed by atoms with Crippen LogP contribution in [-0.2, 0) is 14.9 Å². The minimum atomic E-state index is -3.23. The van der Waals surface area contributed by atoms with E-state index in [1.165, 1.54) is 0 Å². The summed E-state index contributed by atoms with van der Waals surface area (Å²) < 4.78 is 22.1. The maximum Gasteiger partial charge on any atom is 0.206 e. The number of nitrogens with one attached hydrogen (secondary N) is 1. The van der Waals surface area contributed by atoms with E-state index in [-0.39, 0.29) is 0 Å². The molecule has 0 saturated carbocycles. The molecule has 0 saturated heterocycles. The van der Waals surface area contributed by atoms with Crippen molar-refractivity contribution in [2.24, 2.45) is 0 Å². The van der Waals surface area contributed by atoms with Gasteiger partial charge in [0.25, 0.3) is 0 Å². The van der Waals surface area contributed by atoms with Crippen LogP contribution in [0, 0.1) is 0 Å². The third-order valence-corrected chi connectivity index (χ3v) is 9.50. The maximum atomic E-state index is 14.9. The smallest absolute Gasteiger partial charge is 0.206 e. The van der Waals surface area contributed by atoms with E-state index in [2.05, 4.69) is 48.4 Å². The van der Waals surface area contributed by atoms with Gasteiger partial charge in [0.1, 0.15) is 11.8 Å². The lowest BCUT2D eigenvalue weighted by Crippen LogP contribution is -2.44. The predicted molar refractivity (Wildman–Crippen MR) is 157 cm³/mol. The molecule has 0 aromatic heterocycles. The van der Waals surface area contributed by atoms with Crippen molar-refractivity contribution in [1.29, 1.82) is 0 Å². The van der Waals surface area contributed by atoms with Gasteiger partial charge in [-0.3, -0.25) is 4.57 Å². The van der Waals surface area contributed by atoms with E-state index in [4.69, 9.17) is 4.74 Å². The second kappa shape index (κ2) is 11.8. The summed E-state index contributed by atoms with van der Waals surface area (Å²) in [6.45, 7) is 2.06. The van der Waals surface area contributed by atoms with Crippen LogP contribution in [0.5, 0.6) is 0 Å². The van der Waals surface area contributed by atoms with Gasteiger partial charge >= 0.3 is 0 Å². The van der Waals surface area contributed by atoms with Gasteiger partial charge in [0.05, 0.1) is 0 Å². The lowest BCUT2D eigenvalue weighted by Gasteiger charge is -2.40. The van der Waals surface area contributed by atoms with Gasteiger partial charge in [-0.15, -0.1) is 0 Å². The quantitative estimate of drug-likeness (QED) is 0.120. The number of rotatable bonds is 10. The Morgan fingerprint density at radius 3 is 1.21 bits per heavy atom. The van der Waals surface area contributed by atoms with E-state index in [0.717, 1.165) is 27.3 Å². The van der Waals surface area contributed by atoms with Gasteiger partial charge in [0, 0.05) is 10.6 Å². The molecule has 1 N–H and O–H groups in total. The van der Waals surface area contributed by atoms with Crippen molar-refractivity contribution in [3.05, 3.63) is 168 Å². The third kappa shape index (κ3) is 5.14. The minimum Gasteiger partial charge on any atom is -0.342 e. The van der Waals surface area contributed by atoms with Gasteiger partial charge < -0.3 is 4.74 Å². The monoisotopic (exact) mass is 517 g/mol. The molecule has 0 amide bonds. The Balaban J connectivity index is 1.66. The average molecular weight is 518 g/mol. The molecule has 0 aliphatic carbocycles. The number of hydrogen-bond acceptors (Lipinski definition) is 2.